The number of hydrogen-bond acceptors (Lipinski definition) is 6. The Morgan fingerprint density at radius 2 is 1.89 bits per heavy atom. The third kappa shape index (κ3) is 6.50. The normalized spacial score (nSPS) is 16.1. The fraction of sp³-hybridized carbons (Fsp3) is 0.500. The number of carbonyl (C=O) groups excluding carboxylic acids is 2. The van der Waals surface area contributed by atoms with E-state index >= 15 is 0 Å². The second-order valence-electron chi connectivity index (χ2n) is 9.48. The highest BCUT2D eigenvalue weighted by Crippen LogP contribution is 2.40. The van der Waals surface area contributed by atoms with Gasteiger partial charge in [0.1, 0.15) is 16.7 Å². The lowest BCUT2D eigenvalue weighted by Crippen LogP contribution is -2.54. The highest BCUT2D eigenvalue weighted by Gasteiger charge is 2.60. The number of alkyl halides is 3. The van der Waals surface area contributed by atoms with Crippen molar-refractivity contribution in [1.29, 1.82) is 0 Å². The van der Waals surface area contributed by atoms with Crippen molar-refractivity contribution in [2.75, 3.05) is 45.7 Å². The molecule has 2 heterocycles. The summed E-state index contributed by atoms with van der Waals surface area (Å²) in [7, 11) is 4.56. The summed E-state index contributed by atoms with van der Waals surface area (Å²) in [5.41, 5.74) is -3.96. The van der Waals surface area contributed by atoms with Crippen LogP contribution in [0.4, 0.5) is 19.0 Å². The molecule has 0 saturated carbocycles. The Morgan fingerprint density at radius 3 is 2.47 bits per heavy atom. The first kappa shape index (κ1) is 29.5. The number of methoxy groups -OCH3 is 1. The third-order valence-electron chi connectivity index (χ3n) is 6.71. The van der Waals surface area contributed by atoms with Crippen molar-refractivity contribution in [3.05, 3.63) is 52.7 Å². The smallest absolute Gasteiger partial charge is 0.430 e. The van der Waals surface area contributed by atoms with Gasteiger partial charge in [-0.05, 0) is 55.9 Å². The van der Waals surface area contributed by atoms with Crippen molar-refractivity contribution in [3.63, 3.8) is 0 Å². The Bertz CT molecular complexity index is 1140. The van der Waals surface area contributed by atoms with Gasteiger partial charge in [0.2, 0.25) is 0 Å². The summed E-state index contributed by atoms with van der Waals surface area (Å²) in [5, 5.41) is 12.9. The minimum absolute atomic E-state index is 0.0000643. The summed E-state index contributed by atoms with van der Waals surface area (Å²) in [6, 6.07) is 8.18. The van der Waals surface area contributed by atoms with E-state index < -0.39 is 23.2 Å². The highest BCUT2D eigenvalue weighted by atomic mass is 35.5. The number of nitrogens with zero attached hydrogens (tertiary/aromatic N) is 3. The van der Waals surface area contributed by atoms with E-state index in [0.29, 0.717) is 43.2 Å². The maximum atomic E-state index is 13.8. The summed E-state index contributed by atoms with van der Waals surface area (Å²) in [6.07, 6.45) is -2.37. The summed E-state index contributed by atoms with van der Waals surface area (Å²) < 4.78 is 46.3. The molecule has 0 aliphatic carbocycles. The van der Waals surface area contributed by atoms with Crippen LogP contribution in [0.2, 0.25) is 5.15 Å². The summed E-state index contributed by atoms with van der Waals surface area (Å²) in [5.74, 6) is -0.642. The lowest BCUT2D eigenvalue weighted by molar-refractivity contribution is -0.257. The van der Waals surface area contributed by atoms with E-state index in [-0.39, 0.29) is 23.4 Å². The first-order valence-electron chi connectivity index (χ1n) is 12.2. The molecule has 1 saturated heterocycles. The Morgan fingerprint density at radius 1 is 1.21 bits per heavy atom. The van der Waals surface area contributed by atoms with Gasteiger partial charge in [-0.25, -0.2) is 4.98 Å². The number of carbonyl (C=O) groups is 2. The van der Waals surface area contributed by atoms with E-state index in [1.54, 1.807) is 26.2 Å². The largest absolute Gasteiger partial charge is 0.497 e. The zero-order valence-electron chi connectivity index (χ0n) is 21.5. The van der Waals surface area contributed by atoms with Crippen molar-refractivity contribution in [3.8, 4) is 5.75 Å². The van der Waals surface area contributed by atoms with E-state index in [0.717, 1.165) is 25.0 Å². The van der Waals surface area contributed by atoms with Gasteiger partial charge < -0.3 is 25.0 Å². The molecule has 1 atom stereocenters. The summed E-state index contributed by atoms with van der Waals surface area (Å²) >= 11 is 6.23. The number of ether oxygens (including phenoxy) is 1. The second-order valence-corrected chi connectivity index (χ2v) is 9.83. The minimum Gasteiger partial charge on any atom is -0.497 e. The zero-order valence-corrected chi connectivity index (χ0v) is 22.3. The van der Waals surface area contributed by atoms with Crippen LogP contribution in [-0.4, -0.2) is 73.8 Å². The standard InChI is InChI=1S/C26H32ClF3N4O4/c1-33(2)23(35)20-9-10-21(32-22(20)27)34-14-11-17(12-15-34)6-5-13-31-24(36)25(37,26(28,29)30)18-7-4-8-19(16-18)38-3/h4,7-10,16-17,37H,5-6,11-15H2,1-3H3,(H,31,36). The topological polar surface area (TPSA) is 95.0 Å². The van der Waals surface area contributed by atoms with Gasteiger partial charge in [-0.1, -0.05) is 23.7 Å². The average molecular weight is 557 g/mol. The van der Waals surface area contributed by atoms with Gasteiger partial charge in [-0.15, -0.1) is 0 Å². The Labute approximate surface area is 224 Å². The van der Waals surface area contributed by atoms with Gasteiger partial charge in [0.25, 0.3) is 17.4 Å². The molecule has 12 heteroatoms. The van der Waals surface area contributed by atoms with Crippen molar-refractivity contribution >= 4 is 29.2 Å². The molecule has 8 nitrogen and oxygen atoms in total. The van der Waals surface area contributed by atoms with Crippen LogP contribution in [0.15, 0.2) is 36.4 Å². The first-order chi connectivity index (χ1) is 17.9. The van der Waals surface area contributed by atoms with Crippen LogP contribution in [0, 0.1) is 5.92 Å². The number of anilines is 1. The maximum Gasteiger partial charge on any atom is 0.430 e. The van der Waals surface area contributed by atoms with Crippen LogP contribution >= 0.6 is 11.6 Å². The van der Waals surface area contributed by atoms with Crippen LogP contribution in [0.1, 0.15) is 41.6 Å². The Kier molecular flexibility index (Phi) is 9.48. The predicted molar refractivity (Wildman–Crippen MR) is 137 cm³/mol. The Hall–Kier alpha value is -3.05. The molecule has 0 spiro atoms. The molecular formula is C26H32ClF3N4O4. The van der Waals surface area contributed by atoms with Crippen molar-refractivity contribution in [2.45, 2.75) is 37.5 Å². The minimum atomic E-state index is -5.22. The molecule has 1 unspecified atom stereocenters. The molecule has 2 N–H and O–H groups in total. The molecule has 2 aromatic rings. The van der Waals surface area contributed by atoms with Crippen LogP contribution in [-0.2, 0) is 10.4 Å². The average Bonchev–Trinajstić information content (AvgIpc) is 2.89. The summed E-state index contributed by atoms with van der Waals surface area (Å²) in [6.45, 7) is 1.43. The number of rotatable bonds is 9. The number of pyridine rings is 1. The van der Waals surface area contributed by atoms with Crippen molar-refractivity contribution < 1.29 is 32.6 Å². The SMILES string of the molecule is COc1cccc(C(O)(C(=O)NCCCC2CCN(c3ccc(C(=O)N(C)C)c(Cl)n3)CC2)C(F)(F)F)c1. The van der Waals surface area contributed by atoms with Gasteiger partial charge in [-0.3, -0.25) is 9.59 Å². The van der Waals surface area contributed by atoms with E-state index in [1.807, 2.05) is 0 Å². The van der Waals surface area contributed by atoms with Gasteiger partial charge in [0.15, 0.2) is 0 Å². The number of halogens is 4. The van der Waals surface area contributed by atoms with Crippen LogP contribution in [0.25, 0.3) is 0 Å². The molecule has 0 bridgehead atoms. The van der Waals surface area contributed by atoms with Crippen LogP contribution in [0.5, 0.6) is 5.75 Å². The summed E-state index contributed by atoms with van der Waals surface area (Å²) in [4.78, 5) is 32.6. The number of aromatic nitrogens is 1. The molecule has 1 aromatic heterocycles. The third-order valence-corrected chi connectivity index (χ3v) is 7.00. The quantitative estimate of drug-likeness (QED) is 0.358. The van der Waals surface area contributed by atoms with Gasteiger partial charge in [0.05, 0.1) is 12.7 Å². The van der Waals surface area contributed by atoms with Crippen molar-refractivity contribution in [2.24, 2.45) is 5.92 Å². The molecule has 3 rings (SSSR count). The predicted octanol–water partition coefficient (Wildman–Crippen LogP) is 4.01. The lowest BCUT2D eigenvalue weighted by atomic mass is 9.91. The number of benzene rings is 1. The number of aliphatic hydroxyl groups is 1. The molecule has 1 aliphatic heterocycles. The molecule has 1 aromatic carbocycles. The van der Waals surface area contributed by atoms with Gasteiger partial charge in [0, 0.05) is 39.3 Å². The van der Waals surface area contributed by atoms with E-state index in [2.05, 4.69) is 15.2 Å². The van der Waals surface area contributed by atoms with Gasteiger partial charge >= 0.3 is 6.18 Å². The molecule has 2 amide bonds. The monoisotopic (exact) mass is 556 g/mol. The number of amides is 2. The molecule has 0 radical (unpaired) electrons. The molecule has 208 valence electrons. The van der Waals surface area contributed by atoms with E-state index in [9.17, 15) is 27.9 Å². The molecule has 1 fully saturated rings. The Balaban J connectivity index is 1.50. The number of nitrogens with one attached hydrogen (secondary N) is 1. The van der Waals surface area contributed by atoms with Crippen LogP contribution < -0.4 is 15.0 Å². The maximum absolute atomic E-state index is 13.8. The molecule has 38 heavy (non-hydrogen) atoms. The first-order valence-corrected chi connectivity index (χ1v) is 12.6. The zero-order chi connectivity index (χ0) is 28.1. The van der Waals surface area contributed by atoms with Gasteiger partial charge in [-0.2, -0.15) is 13.2 Å². The lowest BCUT2D eigenvalue weighted by Gasteiger charge is -2.33. The number of piperidine rings is 1. The highest BCUT2D eigenvalue weighted by molar-refractivity contribution is 6.32. The van der Waals surface area contributed by atoms with Crippen LogP contribution in [0.3, 0.4) is 0 Å². The molecular weight excluding hydrogens is 525 g/mol. The number of hydrogen-bond donors (Lipinski definition) is 2. The molecule has 1 aliphatic rings. The van der Waals surface area contributed by atoms with E-state index in [1.165, 1.54) is 24.1 Å². The van der Waals surface area contributed by atoms with Crippen molar-refractivity contribution in [1.82, 2.24) is 15.2 Å². The second kappa shape index (κ2) is 12.2. The van der Waals surface area contributed by atoms with E-state index in [4.69, 9.17) is 16.3 Å². The fourth-order valence-corrected chi connectivity index (χ4v) is 4.67. The fourth-order valence-electron chi connectivity index (χ4n) is 4.44.